The van der Waals surface area contributed by atoms with Gasteiger partial charge in [-0.05, 0) is 19.1 Å². The van der Waals surface area contributed by atoms with Crippen molar-refractivity contribution in [3.63, 3.8) is 0 Å². The number of nitrogens with zero attached hydrogens (tertiary/aromatic N) is 1. The van der Waals surface area contributed by atoms with E-state index >= 15 is 0 Å². The van der Waals surface area contributed by atoms with Gasteiger partial charge in [-0.25, -0.2) is 13.2 Å². The Balaban J connectivity index is 2.50. The molecule has 0 spiro atoms. The van der Waals surface area contributed by atoms with Crippen LogP contribution in [0, 0.1) is 6.92 Å². The second-order valence-corrected chi connectivity index (χ2v) is 6.40. The third kappa shape index (κ3) is 3.12. The zero-order valence-corrected chi connectivity index (χ0v) is 12.8. The first-order valence-corrected chi connectivity index (χ1v) is 7.63. The van der Waals surface area contributed by atoms with Crippen LogP contribution in [-0.4, -0.2) is 24.7 Å². The van der Waals surface area contributed by atoms with E-state index in [1.807, 2.05) is 0 Å². The third-order valence-electron chi connectivity index (χ3n) is 2.43. The summed E-state index contributed by atoms with van der Waals surface area (Å²) >= 11 is 11.5. The molecule has 2 rings (SSSR count). The van der Waals surface area contributed by atoms with Crippen LogP contribution in [0.15, 0.2) is 27.6 Å². The molecule has 1 aromatic heterocycles. The normalized spacial score (nSPS) is 11.4. The highest BCUT2D eigenvalue weighted by atomic mass is 35.5. The predicted octanol–water partition coefficient (Wildman–Crippen LogP) is 2.79. The number of carbonyl (C=O) groups is 1. The number of rotatable bonds is 4. The molecule has 1 aromatic carbocycles. The Kier molecular flexibility index (Phi) is 4.13. The number of sulfonamides is 1. The van der Waals surface area contributed by atoms with Crippen LogP contribution in [0.5, 0.6) is 0 Å². The lowest BCUT2D eigenvalue weighted by atomic mass is 10.2. The van der Waals surface area contributed by atoms with Crippen molar-refractivity contribution in [2.75, 3.05) is 4.72 Å². The molecule has 0 amide bonds. The van der Waals surface area contributed by atoms with E-state index in [-0.39, 0.29) is 10.8 Å². The van der Waals surface area contributed by atoms with Crippen molar-refractivity contribution >= 4 is 45.0 Å². The van der Waals surface area contributed by atoms with Gasteiger partial charge >= 0.3 is 5.97 Å². The van der Waals surface area contributed by atoms with Crippen molar-refractivity contribution in [3.8, 4) is 0 Å². The number of anilines is 1. The number of aryl methyl sites for hydroxylation is 1. The summed E-state index contributed by atoms with van der Waals surface area (Å²) in [7, 11) is -4.13. The van der Waals surface area contributed by atoms with Gasteiger partial charge in [0.2, 0.25) is 0 Å². The summed E-state index contributed by atoms with van der Waals surface area (Å²) in [5.74, 6) is -1.07. The maximum Gasteiger partial charge on any atom is 0.338 e. The number of nitrogens with one attached hydrogen (secondary N) is 1. The van der Waals surface area contributed by atoms with Gasteiger partial charge in [0.05, 0.1) is 15.6 Å². The Morgan fingerprint density at radius 2 is 2.05 bits per heavy atom. The Bertz CT molecular complexity index is 816. The van der Waals surface area contributed by atoms with E-state index in [1.54, 1.807) is 6.92 Å². The summed E-state index contributed by atoms with van der Waals surface area (Å²) in [4.78, 5) is 10.6. The molecular weight excluding hydrogens is 343 g/mol. The van der Waals surface area contributed by atoms with E-state index in [4.69, 9.17) is 32.8 Å². The maximum absolute atomic E-state index is 12.2. The quantitative estimate of drug-likeness (QED) is 0.877. The summed E-state index contributed by atoms with van der Waals surface area (Å²) in [5.41, 5.74) is -0.488. The first-order valence-electron chi connectivity index (χ1n) is 5.40. The monoisotopic (exact) mass is 350 g/mol. The lowest BCUT2D eigenvalue weighted by Gasteiger charge is -2.09. The SMILES string of the molecule is Cc1cc(NS(=O)(=O)c2ccc(Cl)c(C(=O)O)c2Cl)no1. The van der Waals surface area contributed by atoms with Crippen LogP contribution in [0.1, 0.15) is 16.1 Å². The fourth-order valence-electron chi connectivity index (χ4n) is 1.54. The minimum absolute atomic E-state index is 0.0459. The lowest BCUT2D eigenvalue weighted by molar-refractivity contribution is 0.0697. The standard InChI is InChI=1S/C11H8Cl2N2O5S/c1-5-4-8(14-20-5)15-21(18,19)7-3-2-6(12)9(10(7)13)11(16)17/h2-4H,1H3,(H,14,15)(H,16,17). The summed E-state index contributed by atoms with van der Waals surface area (Å²) in [6.45, 7) is 1.59. The van der Waals surface area contributed by atoms with E-state index < -0.39 is 31.5 Å². The van der Waals surface area contributed by atoms with Crippen LogP contribution in [0.2, 0.25) is 10.0 Å². The molecule has 0 fully saturated rings. The zero-order valence-electron chi connectivity index (χ0n) is 10.4. The maximum atomic E-state index is 12.2. The second-order valence-electron chi connectivity index (χ2n) is 3.97. The number of hydrogen-bond donors (Lipinski definition) is 2. The first-order chi connectivity index (χ1) is 9.72. The molecule has 0 saturated carbocycles. The van der Waals surface area contributed by atoms with E-state index in [2.05, 4.69) is 9.88 Å². The number of halogens is 2. The van der Waals surface area contributed by atoms with Crippen LogP contribution in [0.25, 0.3) is 0 Å². The number of hydrogen-bond acceptors (Lipinski definition) is 5. The van der Waals surface area contributed by atoms with Gasteiger partial charge in [0.15, 0.2) is 5.82 Å². The van der Waals surface area contributed by atoms with Crippen molar-refractivity contribution in [3.05, 3.63) is 39.6 Å². The van der Waals surface area contributed by atoms with Crippen molar-refractivity contribution < 1.29 is 22.8 Å². The molecule has 0 aliphatic carbocycles. The van der Waals surface area contributed by atoms with Crippen LogP contribution in [-0.2, 0) is 10.0 Å². The molecule has 0 bridgehead atoms. The van der Waals surface area contributed by atoms with E-state index in [9.17, 15) is 13.2 Å². The molecule has 7 nitrogen and oxygen atoms in total. The second kappa shape index (κ2) is 5.55. The molecule has 10 heteroatoms. The molecule has 0 aliphatic rings. The molecule has 0 aliphatic heterocycles. The fourth-order valence-corrected chi connectivity index (χ4v) is 3.45. The highest BCUT2D eigenvalue weighted by Crippen LogP contribution is 2.32. The van der Waals surface area contributed by atoms with Gasteiger partial charge in [0, 0.05) is 6.07 Å². The van der Waals surface area contributed by atoms with Crippen molar-refractivity contribution in [1.29, 1.82) is 0 Å². The van der Waals surface area contributed by atoms with Crippen LogP contribution >= 0.6 is 23.2 Å². The Morgan fingerprint density at radius 1 is 1.38 bits per heavy atom. The molecule has 112 valence electrons. The van der Waals surface area contributed by atoms with Gasteiger partial charge in [-0.1, -0.05) is 28.4 Å². The molecule has 2 aromatic rings. The van der Waals surface area contributed by atoms with Crippen molar-refractivity contribution in [2.45, 2.75) is 11.8 Å². The Labute approximate surface area is 129 Å². The summed E-state index contributed by atoms with van der Waals surface area (Å²) < 4.78 is 31.3. The topological polar surface area (TPSA) is 110 Å². The smallest absolute Gasteiger partial charge is 0.338 e. The molecule has 1 heterocycles. The van der Waals surface area contributed by atoms with Crippen LogP contribution < -0.4 is 4.72 Å². The van der Waals surface area contributed by atoms with Crippen LogP contribution in [0.3, 0.4) is 0 Å². The lowest BCUT2D eigenvalue weighted by Crippen LogP contribution is -2.15. The highest BCUT2D eigenvalue weighted by molar-refractivity contribution is 7.92. The summed E-state index contributed by atoms with van der Waals surface area (Å²) in [6.07, 6.45) is 0. The van der Waals surface area contributed by atoms with Gasteiger partial charge in [0.1, 0.15) is 10.7 Å². The van der Waals surface area contributed by atoms with Gasteiger partial charge < -0.3 is 9.63 Å². The molecule has 0 atom stereocenters. The van der Waals surface area contributed by atoms with E-state index in [0.717, 1.165) is 12.1 Å². The van der Waals surface area contributed by atoms with Gasteiger partial charge in [-0.3, -0.25) is 4.72 Å². The average Bonchev–Trinajstić information content (AvgIpc) is 2.72. The van der Waals surface area contributed by atoms with Gasteiger partial charge in [0.25, 0.3) is 10.0 Å². The van der Waals surface area contributed by atoms with Gasteiger partial charge in [-0.15, -0.1) is 0 Å². The highest BCUT2D eigenvalue weighted by Gasteiger charge is 2.25. The van der Waals surface area contributed by atoms with Crippen LogP contribution in [0.4, 0.5) is 5.82 Å². The first kappa shape index (κ1) is 15.6. The van der Waals surface area contributed by atoms with Crippen molar-refractivity contribution in [2.24, 2.45) is 0 Å². The number of carboxylic acids is 1. The summed E-state index contributed by atoms with van der Waals surface area (Å²) in [6, 6.07) is 3.60. The molecule has 0 radical (unpaired) electrons. The minimum atomic E-state index is -4.13. The minimum Gasteiger partial charge on any atom is -0.478 e. The van der Waals surface area contributed by atoms with Crippen molar-refractivity contribution in [1.82, 2.24) is 5.16 Å². The predicted molar refractivity (Wildman–Crippen MR) is 75.5 cm³/mol. The largest absolute Gasteiger partial charge is 0.478 e. The zero-order chi connectivity index (χ0) is 15.8. The van der Waals surface area contributed by atoms with E-state index in [0.29, 0.717) is 5.76 Å². The fraction of sp³-hybridized carbons (Fsp3) is 0.0909. The Hall–Kier alpha value is -1.77. The third-order valence-corrected chi connectivity index (χ3v) is 4.64. The molecule has 2 N–H and O–H groups in total. The number of benzene rings is 1. The summed E-state index contributed by atoms with van der Waals surface area (Å²) in [5, 5.41) is 11.9. The van der Waals surface area contributed by atoms with E-state index in [1.165, 1.54) is 6.07 Å². The Morgan fingerprint density at radius 3 is 2.57 bits per heavy atom. The number of aromatic carboxylic acids is 1. The average molecular weight is 351 g/mol. The molecule has 0 unspecified atom stereocenters. The number of aromatic nitrogens is 1. The molecular formula is C11H8Cl2N2O5S. The number of carboxylic acid groups (broad SMARTS) is 1. The molecule has 0 saturated heterocycles. The molecule has 21 heavy (non-hydrogen) atoms. The van der Waals surface area contributed by atoms with Gasteiger partial charge in [-0.2, -0.15) is 0 Å².